The van der Waals surface area contributed by atoms with Crippen LogP contribution >= 0.6 is 0 Å². The molecule has 0 atom stereocenters. The number of carbonyl (C=O) groups excluding carboxylic acids is 1. The smallest absolute Gasteiger partial charge is 0.248 e. The van der Waals surface area contributed by atoms with Crippen molar-refractivity contribution in [2.24, 2.45) is 0 Å². The highest BCUT2D eigenvalue weighted by atomic mass is 16.4. The number of anilines is 1. The van der Waals surface area contributed by atoms with Crippen LogP contribution in [0.25, 0.3) is 28.7 Å². The minimum atomic E-state index is -0.268. The maximum absolute atomic E-state index is 12.3. The number of amides is 1. The topological polar surface area (TPSA) is 75.6 Å². The normalized spacial score (nSPS) is 11.1. The van der Waals surface area contributed by atoms with Gasteiger partial charge in [0.2, 0.25) is 5.91 Å². The summed E-state index contributed by atoms with van der Waals surface area (Å²) in [5, 5.41) is 11.9. The van der Waals surface area contributed by atoms with E-state index in [1.54, 1.807) is 24.3 Å². The molecule has 0 aliphatic rings. The van der Waals surface area contributed by atoms with Crippen LogP contribution in [0.3, 0.4) is 0 Å². The maximum Gasteiger partial charge on any atom is 0.248 e. The van der Waals surface area contributed by atoms with E-state index >= 15 is 0 Å². The fraction of sp³-hybridized carbons (Fsp3) is 0.0417. The molecule has 0 spiro atoms. The monoisotopic (exact) mass is 385 g/mol. The van der Waals surface area contributed by atoms with Crippen LogP contribution in [-0.2, 0) is 11.4 Å². The van der Waals surface area contributed by atoms with Gasteiger partial charge in [0.25, 0.3) is 0 Å². The Hall–Kier alpha value is -3.83. The molecule has 2 N–H and O–H groups in total. The number of aliphatic hydroxyl groups is 1. The molecule has 0 bridgehead atoms. The zero-order valence-corrected chi connectivity index (χ0v) is 15.5. The summed E-state index contributed by atoms with van der Waals surface area (Å²) in [5.74, 6) is 2.20. The van der Waals surface area contributed by atoms with Gasteiger partial charge in [-0.05, 0) is 42.5 Å². The second-order valence-corrected chi connectivity index (χ2v) is 6.40. The molecule has 2 heterocycles. The van der Waals surface area contributed by atoms with Crippen LogP contribution in [0.2, 0.25) is 0 Å². The molecular weight excluding hydrogens is 366 g/mol. The molecule has 4 aromatic rings. The lowest BCUT2D eigenvalue weighted by Gasteiger charge is -2.04. The minimum Gasteiger partial charge on any atom is -0.459 e. The van der Waals surface area contributed by atoms with E-state index in [-0.39, 0.29) is 12.5 Å². The highest BCUT2D eigenvalue weighted by Crippen LogP contribution is 2.25. The molecular formula is C24H19NO4. The third-order valence-electron chi connectivity index (χ3n) is 4.32. The fourth-order valence-corrected chi connectivity index (χ4v) is 2.91. The van der Waals surface area contributed by atoms with E-state index in [2.05, 4.69) is 5.32 Å². The fourth-order valence-electron chi connectivity index (χ4n) is 2.91. The first-order valence-electron chi connectivity index (χ1n) is 9.15. The van der Waals surface area contributed by atoms with Crippen molar-refractivity contribution in [2.45, 2.75) is 6.61 Å². The van der Waals surface area contributed by atoms with Crippen LogP contribution in [0, 0.1) is 0 Å². The van der Waals surface area contributed by atoms with Crippen LogP contribution in [0.5, 0.6) is 0 Å². The van der Waals surface area contributed by atoms with Gasteiger partial charge in [0.05, 0.1) is 0 Å². The first kappa shape index (κ1) is 18.5. The molecule has 0 saturated carbocycles. The zero-order chi connectivity index (χ0) is 20.1. The van der Waals surface area contributed by atoms with Gasteiger partial charge in [-0.25, -0.2) is 0 Å². The second-order valence-electron chi connectivity index (χ2n) is 6.40. The van der Waals surface area contributed by atoms with E-state index in [0.717, 1.165) is 16.9 Å². The molecule has 1 amide bonds. The Morgan fingerprint density at radius 3 is 2.41 bits per heavy atom. The molecule has 0 radical (unpaired) electrons. The number of aliphatic hydroxyl groups excluding tert-OH is 1. The van der Waals surface area contributed by atoms with Crippen LogP contribution in [0.15, 0.2) is 93.8 Å². The summed E-state index contributed by atoms with van der Waals surface area (Å²) in [7, 11) is 0. The quantitative estimate of drug-likeness (QED) is 0.439. The molecule has 5 heteroatoms. The standard InChI is InChI=1S/C24H19NO4/c26-16-21-10-13-23(29-21)18-7-4-8-19(15-18)25-24(27)14-11-20-9-12-22(28-20)17-5-2-1-3-6-17/h1-15,26H,16H2,(H,25,27)/b14-11+. The van der Waals surface area contributed by atoms with Gasteiger partial charge in [0, 0.05) is 22.9 Å². The summed E-state index contributed by atoms with van der Waals surface area (Å²) in [6.45, 7) is -0.153. The second kappa shape index (κ2) is 8.46. The molecule has 0 unspecified atom stereocenters. The average Bonchev–Trinajstić information content (AvgIpc) is 3.43. The molecule has 5 nitrogen and oxygen atoms in total. The van der Waals surface area contributed by atoms with E-state index in [1.807, 2.05) is 60.7 Å². The van der Waals surface area contributed by atoms with Gasteiger partial charge in [-0.3, -0.25) is 4.79 Å². The zero-order valence-electron chi connectivity index (χ0n) is 15.5. The van der Waals surface area contributed by atoms with Crippen LogP contribution in [0.4, 0.5) is 5.69 Å². The summed E-state index contributed by atoms with van der Waals surface area (Å²) in [6, 6.07) is 24.3. The molecule has 0 fully saturated rings. The van der Waals surface area contributed by atoms with Crippen molar-refractivity contribution in [2.75, 3.05) is 5.32 Å². The lowest BCUT2D eigenvalue weighted by molar-refractivity contribution is -0.111. The lowest BCUT2D eigenvalue weighted by Crippen LogP contribution is -2.07. The Morgan fingerprint density at radius 1 is 0.862 bits per heavy atom. The Balaban J connectivity index is 1.42. The molecule has 0 aliphatic carbocycles. The Bertz CT molecular complexity index is 1140. The maximum atomic E-state index is 12.3. The number of hydrogen-bond acceptors (Lipinski definition) is 4. The van der Waals surface area contributed by atoms with Gasteiger partial charge < -0.3 is 19.3 Å². The number of benzene rings is 2. The van der Waals surface area contributed by atoms with Crippen LogP contribution < -0.4 is 5.32 Å². The van der Waals surface area contributed by atoms with E-state index in [4.69, 9.17) is 13.9 Å². The lowest BCUT2D eigenvalue weighted by atomic mass is 10.1. The number of rotatable bonds is 6. The van der Waals surface area contributed by atoms with Gasteiger partial charge in [-0.15, -0.1) is 0 Å². The summed E-state index contributed by atoms with van der Waals surface area (Å²) >= 11 is 0. The predicted molar refractivity (Wildman–Crippen MR) is 112 cm³/mol. The number of furan rings is 2. The molecule has 2 aromatic heterocycles. The first-order chi connectivity index (χ1) is 14.2. The average molecular weight is 385 g/mol. The van der Waals surface area contributed by atoms with Gasteiger partial charge in [-0.1, -0.05) is 42.5 Å². The Morgan fingerprint density at radius 2 is 1.62 bits per heavy atom. The molecule has 0 aliphatic heterocycles. The van der Waals surface area contributed by atoms with Crippen molar-refractivity contribution in [1.82, 2.24) is 0 Å². The largest absolute Gasteiger partial charge is 0.459 e. The van der Waals surface area contributed by atoms with Crippen LogP contribution in [-0.4, -0.2) is 11.0 Å². The molecule has 29 heavy (non-hydrogen) atoms. The van der Waals surface area contributed by atoms with Gasteiger partial charge in [0.15, 0.2) is 0 Å². The van der Waals surface area contributed by atoms with Crippen molar-refractivity contribution in [3.05, 3.63) is 96.5 Å². The summed E-state index contributed by atoms with van der Waals surface area (Å²) in [4.78, 5) is 12.3. The number of carbonyl (C=O) groups is 1. The SMILES string of the molecule is O=C(/C=C/c1ccc(-c2ccccc2)o1)Nc1cccc(-c2ccc(CO)o2)c1. The Kier molecular flexibility index (Phi) is 5.40. The third-order valence-corrected chi connectivity index (χ3v) is 4.32. The third kappa shape index (κ3) is 4.54. The predicted octanol–water partition coefficient (Wildman–Crippen LogP) is 5.35. The van der Waals surface area contributed by atoms with E-state index in [0.29, 0.717) is 23.0 Å². The van der Waals surface area contributed by atoms with Gasteiger partial charge in [-0.2, -0.15) is 0 Å². The summed E-state index contributed by atoms with van der Waals surface area (Å²) in [6.07, 6.45) is 3.06. The highest BCUT2D eigenvalue weighted by Gasteiger charge is 2.07. The van der Waals surface area contributed by atoms with Gasteiger partial charge >= 0.3 is 0 Å². The number of nitrogens with one attached hydrogen (secondary N) is 1. The van der Waals surface area contributed by atoms with Crippen molar-refractivity contribution in [3.63, 3.8) is 0 Å². The molecule has 2 aromatic carbocycles. The molecule has 4 rings (SSSR count). The summed E-state index contributed by atoms with van der Waals surface area (Å²) < 4.78 is 11.3. The Labute approximate surface area is 167 Å². The van der Waals surface area contributed by atoms with Crippen molar-refractivity contribution >= 4 is 17.7 Å². The van der Waals surface area contributed by atoms with Crippen molar-refractivity contribution < 1.29 is 18.7 Å². The summed E-state index contributed by atoms with van der Waals surface area (Å²) in [5.41, 5.74) is 2.43. The van der Waals surface area contributed by atoms with E-state index < -0.39 is 0 Å². The van der Waals surface area contributed by atoms with E-state index in [9.17, 15) is 4.79 Å². The van der Waals surface area contributed by atoms with Crippen molar-refractivity contribution in [1.29, 1.82) is 0 Å². The van der Waals surface area contributed by atoms with E-state index in [1.165, 1.54) is 6.08 Å². The van der Waals surface area contributed by atoms with Gasteiger partial charge in [0.1, 0.15) is 29.6 Å². The minimum absolute atomic E-state index is 0.153. The van der Waals surface area contributed by atoms with Crippen molar-refractivity contribution in [3.8, 4) is 22.6 Å². The van der Waals surface area contributed by atoms with Crippen LogP contribution in [0.1, 0.15) is 11.5 Å². The number of hydrogen-bond donors (Lipinski definition) is 2. The molecule has 0 saturated heterocycles. The first-order valence-corrected chi connectivity index (χ1v) is 9.15. The highest BCUT2D eigenvalue weighted by molar-refractivity contribution is 6.02. The molecule has 144 valence electrons.